The maximum atomic E-state index is 12.4. The smallest absolute Gasteiger partial charge is 0.358 e. The zero-order valence-electron chi connectivity index (χ0n) is 8.26. The third-order valence-corrected chi connectivity index (χ3v) is 2.00. The zero-order valence-corrected chi connectivity index (χ0v) is 8.26. The summed E-state index contributed by atoms with van der Waals surface area (Å²) in [6.07, 6.45) is -8.25. The molecular formula is C8H5F5N2O2. The molecule has 0 aliphatic heterocycles. The molecule has 1 aromatic rings. The van der Waals surface area contributed by atoms with Gasteiger partial charge in [-0.05, 0) is 16.8 Å². The van der Waals surface area contributed by atoms with Crippen LogP contribution in [0.15, 0.2) is 6.07 Å². The number of hydrogen-bond acceptors (Lipinski definition) is 3. The minimum Gasteiger partial charge on any atom is -0.358 e. The number of nitrogens with zero attached hydrogens (tertiary/aromatic N) is 2. The van der Waals surface area contributed by atoms with Gasteiger partial charge in [-0.25, -0.2) is 8.78 Å². The molecule has 94 valence electrons. The molecule has 0 aliphatic rings. The Labute approximate surface area is 91.2 Å². The highest BCUT2D eigenvalue weighted by molar-refractivity contribution is 5.39. The highest BCUT2D eigenvalue weighted by Crippen LogP contribution is 2.36. The minimum absolute atomic E-state index is 0.140. The van der Waals surface area contributed by atoms with E-state index in [1.807, 2.05) is 0 Å². The van der Waals surface area contributed by atoms with Crippen LogP contribution in [-0.2, 0) is 6.18 Å². The number of pyridine rings is 1. The van der Waals surface area contributed by atoms with Crippen molar-refractivity contribution in [3.8, 4) is 0 Å². The van der Waals surface area contributed by atoms with Crippen LogP contribution in [-0.4, -0.2) is 9.91 Å². The number of nitro groups is 1. The summed E-state index contributed by atoms with van der Waals surface area (Å²) in [4.78, 5) is 11.9. The molecule has 0 saturated carbocycles. The predicted octanol–water partition coefficient (Wildman–Crippen LogP) is 3.25. The second-order valence-corrected chi connectivity index (χ2v) is 3.09. The quantitative estimate of drug-likeness (QED) is 0.463. The van der Waals surface area contributed by atoms with Crippen LogP contribution in [0.25, 0.3) is 0 Å². The largest absolute Gasteiger partial charge is 0.417 e. The first kappa shape index (κ1) is 13.3. The first-order valence-electron chi connectivity index (χ1n) is 4.16. The lowest BCUT2D eigenvalue weighted by molar-refractivity contribution is -0.390. The molecule has 17 heavy (non-hydrogen) atoms. The lowest BCUT2D eigenvalue weighted by atomic mass is 10.1. The Morgan fingerprint density at radius 1 is 1.41 bits per heavy atom. The van der Waals surface area contributed by atoms with Gasteiger partial charge >= 0.3 is 18.4 Å². The number of alkyl halides is 5. The number of rotatable bonds is 2. The van der Waals surface area contributed by atoms with Crippen molar-refractivity contribution in [2.24, 2.45) is 0 Å². The summed E-state index contributed by atoms with van der Waals surface area (Å²) in [5, 5.41) is 10.3. The highest BCUT2D eigenvalue weighted by Gasteiger charge is 2.38. The van der Waals surface area contributed by atoms with Crippen molar-refractivity contribution in [1.29, 1.82) is 0 Å². The van der Waals surface area contributed by atoms with Crippen molar-refractivity contribution in [3.05, 3.63) is 33.0 Å². The van der Waals surface area contributed by atoms with Gasteiger partial charge in [0.2, 0.25) is 5.69 Å². The molecule has 1 aromatic heterocycles. The van der Waals surface area contributed by atoms with E-state index >= 15 is 0 Å². The van der Waals surface area contributed by atoms with Crippen LogP contribution < -0.4 is 0 Å². The summed E-state index contributed by atoms with van der Waals surface area (Å²) in [6.45, 7) is 0.793. The summed E-state index contributed by atoms with van der Waals surface area (Å²) in [5.41, 5.74) is -3.51. The molecule has 0 radical (unpaired) electrons. The number of halogens is 5. The fourth-order valence-corrected chi connectivity index (χ4v) is 1.22. The molecular weight excluding hydrogens is 251 g/mol. The molecule has 9 heteroatoms. The van der Waals surface area contributed by atoms with Crippen LogP contribution in [0.3, 0.4) is 0 Å². The van der Waals surface area contributed by atoms with Crippen LogP contribution in [0.5, 0.6) is 0 Å². The van der Waals surface area contributed by atoms with E-state index in [1.165, 1.54) is 0 Å². The maximum absolute atomic E-state index is 12.4. The molecule has 0 spiro atoms. The fraction of sp³-hybridized carbons (Fsp3) is 0.375. The van der Waals surface area contributed by atoms with Crippen LogP contribution >= 0.6 is 0 Å². The maximum Gasteiger partial charge on any atom is 0.417 e. The average molecular weight is 256 g/mol. The van der Waals surface area contributed by atoms with E-state index < -0.39 is 40.2 Å². The Balaban J connectivity index is 3.55. The third-order valence-electron chi connectivity index (χ3n) is 2.00. The van der Waals surface area contributed by atoms with E-state index in [2.05, 4.69) is 4.98 Å². The van der Waals surface area contributed by atoms with Crippen LogP contribution in [0.2, 0.25) is 0 Å². The molecule has 1 rings (SSSR count). The normalized spacial score (nSPS) is 11.9. The van der Waals surface area contributed by atoms with Gasteiger partial charge < -0.3 is 10.1 Å². The van der Waals surface area contributed by atoms with Crippen molar-refractivity contribution < 1.29 is 26.9 Å². The summed E-state index contributed by atoms with van der Waals surface area (Å²) in [5.74, 6) is -1.25. The Kier molecular flexibility index (Phi) is 3.30. The van der Waals surface area contributed by atoms with E-state index in [0.717, 1.165) is 6.92 Å². The molecule has 0 aliphatic carbocycles. The van der Waals surface area contributed by atoms with E-state index in [0.29, 0.717) is 0 Å². The second-order valence-electron chi connectivity index (χ2n) is 3.09. The summed E-state index contributed by atoms with van der Waals surface area (Å²) in [7, 11) is 0. The molecule has 0 unspecified atom stereocenters. The van der Waals surface area contributed by atoms with Crippen LogP contribution in [0, 0.1) is 17.0 Å². The van der Waals surface area contributed by atoms with Crippen LogP contribution in [0.1, 0.15) is 23.2 Å². The minimum atomic E-state index is -4.94. The fourth-order valence-electron chi connectivity index (χ4n) is 1.22. The summed E-state index contributed by atoms with van der Waals surface area (Å²) < 4.78 is 62.1. The second kappa shape index (κ2) is 4.22. The Morgan fingerprint density at radius 2 is 1.94 bits per heavy atom. The molecule has 0 bridgehead atoms. The van der Waals surface area contributed by atoms with Crippen LogP contribution in [0.4, 0.5) is 27.8 Å². The molecule has 4 nitrogen and oxygen atoms in total. The average Bonchev–Trinajstić information content (AvgIpc) is 2.15. The van der Waals surface area contributed by atoms with Gasteiger partial charge in [-0.15, -0.1) is 0 Å². The van der Waals surface area contributed by atoms with Gasteiger partial charge in [0.15, 0.2) is 0 Å². The van der Waals surface area contributed by atoms with E-state index in [1.54, 1.807) is 0 Å². The Morgan fingerprint density at radius 3 is 2.29 bits per heavy atom. The highest BCUT2D eigenvalue weighted by atomic mass is 19.4. The van der Waals surface area contributed by atoms with Gasteiger partial charge in [0.25, 0.3) is 0 Å². The van der Waals surface area contributed by atoms with Gasteiger partial charge in [0.05, 0.1) is 5.56 Å². The molecule has 1 heterocycles. The van der Waals surface area contributed by atoms with Gasteiger partial charge in [0.1, 0.15) is 0 Å². The van der Waals surface area contributed by atoms with Gasteiger partial charge in [-0.3, -0.25) is 0 Å². The standard InChI is InChI=1S/C8H5F5N2O2/c1-3-4(8(11,12)13)2-5(15(16)17)14-6(3)7(9)10/h2,7H,1H3. The molecule has 0 amide bonds. The van der Waals surface area contributed by atoms with E-state index in [9.17, 15) is 32.1 Å². The van der Waals surface area contributed by atoms with Gasteiger partial charge in [-0.1, -0.05) is 0 Å². The predicted molar refractivity (Wildman–Crippen MR) is 45.6 cm³/mol. The lowest BCUT2D eigenvalue weighted by Gasteiger charge is -2.10. The van der Waals surface area contributed by atoms with Gasteiger partial charge in [-0.2, -0.15) is 13.2 Å². The molecule has 0 atom stereocenters. The first-order chi connectivity index (χ1) is 7.64. The number of aromatic nitrogens is 1. The zero-order chi connectivity index (χ0) is 13.4. The molecule has 0 N–H and O–H groups in total. The summed E-state index contributed by atoms with van der Waals surface area (Å²) >= 11 is 0. The Bertz CT molecular complexity index is 458. The van der Waals surface area contributed by atoms with E-state index in [4.69, 9.17) is 0 Å². The van der Waals surface area contributed by atoms with Crippen molar-refractivity contribution in [3.63, 3.8) is 0 Å². The first-order valence-corrected chi connectivity index (χ1v) is 4.16. The lowest BCUT2D eigenvalue weighted by Crippen LogP contribution is -2.12. The monoisotopic (exact) mass is 256 g/mol. The van der Waals surface area contributed by atoms with Crippen molar-refractivity contribution >= 4 is 5.82 Å². The van der Waals surface area contributed by atoms with E-state index in [-0.39, 0.29) is 6.07 Å². The SMILES string of the molecule is Cc1c(C(F)(F)F)cc([N+](=O)[O-])nc1C(F)F. The third kappa shape index (κ3) is 2.66. The topological polar surface area (TPSA) is 56.0 Å². The van der Waals surface area contributed by atoms with Crippen molar-refractivity contribution in [2.75, 3.05) is 0 Å². The van der Waals surface area contributed by atoms with Crippen molar-refractivity contribution in [2.45, 2.75) is 19.5 Å². The van der Waals surface area contributed by atoms with Crippen molar-refractivity contribution in [1.82, 2.24) is 4.98 Å². The molecule has 0 aromatic carbocycles. The summed E-state index contributed by atoms with van der Waals surface area (Å²) in [6, 6.07) is 0.140. The molecule has 0 saturated heterocycles. The Hall–Kier alpha value is -1.80. The molecule has 0 fully saturated rings. The number of hydrogen-bond donors (Lipinski definition) is 0. The van der Waals surface area contributed by atoms with Gasteiger partial charge in [0, 0.05) is 11.6 Å².